The first-order chi connectivity index (χ1) is 8.16. The number of aryl methyl sites for hydroxylation is 2. The number of amides is 1. The first-order valence-corrected chi connectivity index (χ1v) is 6.86. The van der Waals surface area contributed by atoms with E-state index in [0.717, 1.165) is 17.7 Å². The Morgan fingerprint density at radius 3 is 2.82 bits per heavy atom. The van der Waals surface area contributed by atoms with E-state index in [9.17, 15) is 4.79 Å². The number of carbonyl (C=O) groups excluding carboxylic acids is 1. The fourth-order valence-corrected chi connectivity index (χ4v) is 3.16. The summed E-state index contributed by atoms with van der Waals surface area (Å²) in [5.74, 6) is -0.170. The van der Waals surface area contributed by atoms with Crippen molar-refractivity contribution >= 4 is 34.6 Å². The summed E-state index contributed by atoms with van der Waals surface area (Å²) in [5.41, 5.74) is 11.5. The predicted molar refractivity (Wildman–Crippen MR) is 73.0 cm³/mol. The van der Waals surface area contributed by atoms with Crippen molar-refractivity contribution < 1.29 is 4.79 Å². The summed E-state index contributed by atoms with van der Waals surface area (Å²) in [4.78, 5) is 13.8. The second-order valence-electron chi connectivity index (χ2n) is 4.06. The Morgan fingerprint density at radius 1 is 1.29 bits per heavy atom. The van der Waals surface area contributed by atoms with Gasteiger partial charge in [0.1, 0.15) is 0 Å². The van der Waals surface area contributed by atoms with Gasteiger partial charge >= 0.3 is 0 Å². The molecule has 1 heterocycles. The first kappa shape index (κ1) is 12.3. The van der Waals surface area contributed by atoms with Crippen molar-refractivity contribution in [2.75, 3.05) is 0 Å². The SMILES string of the molecule is NC(=S)NNC(=O)c1cc2c(s1)CCCCC2. The highest BCUT2D eigenvalue weighted by Crippen LogP contribution is 2.28. The summed E-state index contributed by atoms with van der Waals surface area (Å²) >= 11 is 6.20. The maximum Gasteiger partial charge on any atom is 0.279 e. The van der Waals surface area contributed by atoms with Crippen LogP contribution in [0.3, 0.4) is 0 Å². The van der Waals surface area contributed by atoms with E-state index in [1.807, 2.05) is 6.07 Å². The molecule has 0 aromatic carbocycles. The van der Waals surface area contributed by atoms with E-state index in [0.29, 0.717) is 0 Å². The molecule has 17 heavy (non-hydrogen) atoms. The molecule has 2 rings (SSSR count). The van der Waals surface area contributed by atoms with Gasteiger partial charge in [-0.1, -0.05) is 6.42 Å². The van der Waals surface area contributed by atoms with E-state index in [1.54, 1.807) is 11.3 Å². The molecule has 6 heteroatoms. The fourth-order valence-electron chi connectivity index (χ4n) is 1.96. The zero-order valence-corrected chi connectivity index (χ0v) is 11.0. The maximum absolute atomic E-state index is 11.8. The molecule has 92 valence electrons. The van der Waals surface area contributed by atoms with Crippen molar-refractivity contribution in [1.82, 2.24) is 10.9 Å². The average molecular weight is 269 g/mol. The molecule has 0 saturated carbocycles. The zero-order chi connectivity index (χ0) is 12.3. The Kier molecular flexibility index (Phi) is 3.96. The highest BCUT2D eigenvalue weighted by molar-refractivity contribution is 7.80. The van der Waals surface area contributed by atoms with Crippen LogP contribution in [0.2, 0.25) is 0 Å². The van der Waals surface area contributed by atoms with Crippen LogP contribution in [0.1, 0.15) is 39.4 Å². The lowest BCUT2D eigenvalue weighted by atomic mass is 10.1. The topological polar surface area (TPSA) is 67.2 Å². The number of thiophene rings is 1. The highest BCUT2D eigenvalue weighted by atomic mass is 32.1. The first-order valence-electron chi connectivity index (χ1n) is 5.64. The van der Waals surface area contributed by atoms with Crippen molar-refractivity contribution in [3.63, 3.8) is 0 Å². The largest absolute Gasteiger partial charge is 0.375 e. The second kappa shape index (κ2) is 5.46. The summed E-state index contributed by atoms with van der Waals surface area (Å²) in [5, 5.41) is 0.0662. The summed E-state index contributed by atoms with van der Waals surface area (Å²) in [6, 6.07) is 1.99. The smallest absolute Gasteiger partial charge is 0.279 e. The molecule has 1 aliphatic carbocycles. The number of fused-ring (bicyclic) bond motifs is 1. The van der Waals surface area contributed by atoms with Crippen LogP contribution in [0, 0.1) is 0 Å². The van der Waals surface area contributed by atoms with Crippen LogP contribution in [0.4, 0.5) is 0 Å². The molecule has 0 atom stereocenters. The van der Waals surface area contributed by atoms with Crippen LogP contribution in [-0.2, 0) is 12.8 Å². The molecule has 0 spiro atoms. The Hall–Kier alpha value is -1.14. The lowest BCUT2D eigenvalue weighted by Crippen LogP contribution is -2.44. The van der Waals surface area contributed by atoms with Gasteiger partial charge in [-0.25, -0.2) is 0 Å². The number of nitrogens with one attached hydrogen (secondary N) is 2. The van der Waals surface area contributed by atoms with E-state index < -0.39 is 0 Å². The minimum Gasteiger partial charge on any atom is -0.375 e. The third-order valence-corrected chi connectivity index (χ3v) is 4.11. The number of carbonyl (C=O) groups is 1. The predicted octanol–water partition coefficient (Wildman–Crippen LogP) is 1.50. The molecule has 0 radical (unpaired) electrons. The van der Waals surface area contributed by atoms with Gasteiger partial charge in [-0.15, -0.1) is 11.3 Å². The molecule has 1 aliphatic rings. The monoisotopic (exact) mass is 269 g/mol. The van der Waals surface area contributed by atoms with E-state index in [2.05, 4.69) is 23.1 Å². The lowest BCUT2D eigenvalue weighted by molar-refractivity contribution is 0.0948. The molecule has 0 unspecified atom stereocenters. The Balaban J connectivity index is 2.06. The number of nitrogens with two attached hydrogens (primary N) is 1. The van der Waals surface area contributed by atoms with Crippen LogP contribution < -0.4 is 16.6 Å². The van der Waals surface area contributed by atoms with Crippen LogP contribution >= 0.6 is 23.6 Å². The van der Waals surface area contributed by atoms with Crippen LogP contribution in [-0.4, -0.2) is 11.0 Å². The quantitative estimate of drug-likeness (QED) is 0.410. The molecule has 1 aromatic heterocycles. The fraction of sp³-hybridized carbons (Fsp3) is 0.455. The summed E-state index contributed by atoms with van der Waals surface area (Å²) in [7, 11) is 0. The number of thiocarbonyl (C=S) groups is 1. The molecule has 0 aliphatic heterocycles. The van der Waals surface area contributed by atoms with Crippen molar-refractivity contribution in [3.8, 4) is 0 Å². The number of hydrogen-bond donors (Lipinski definition) is 3. The molecule has 0 bridgehead atoms. The summed E-state index contributed by atoms with van der Waals surface area (Å²) in [6.45, 7) is 0. The standard InChI is InChI=1S/C11H15N3OS2/c12-11(16)14-13-10(15)9-6-7-4-2-1-3-5-8(7)17-9/h6H,1-5H2,(H,13,15)(H3,12,14,16). The Labute approximate surface area is 110 Å². The molecule has 4 N–H and O–H groups in total. The van der Waals surface area contributed by atoms with Crippen LogP contribution in [0.5, 0.6) is 0 Å². The van der Waals surface area contributed by atoms with Gasteiger partial charge < -0.3 is 5.73 Å². The molecular formula is C11H15N3OS2. The van der Waals surface area contributed by atoms with Crippen molar-refractivity contribution in [2.45, 2.75) is 32.1 Å². The number of rotatable bonds is 1. The Bertz CT molecular complexity index is 418. The maximum atomic E-state index is 11.8. The van der Waals surface area contributed by atoms with Crippen molar-refractivity contribution in [3.05, 3.63) is 21.4 Å². The molecule has 0 saturated heterocycles. The van der Waals surface area contributed by atoms with E-state index >= 15 is 0 Å². The van der Waals surface area contributed by atoms with Gasteiger partial charge in [0.05, 0.1) is 4.88 Å². The van der Waals surface area contributed by atoms with Gasteiger partial charge in [0, 0.05) is 4.88 Å². The minimum atomic E-state index is -0.170. The number of hydrazine groups is 1. The molecular weight excluding hydrogens is 254 g/mol. The van der Waals surface area contributed by atoms with Crippen LogP contribution in [0.25, 0.3) is 0 Å². The van der Waals surface area contributed by atoms with Gasteiger partial charge in [0.15, 0.2) is 5.11 Å². The van der Waals surface area contributed by atoms with E-state index in [1.165, 1.54) is 29.7 Å². The lowest BCUT2D eigenvalue weighted by Gasteiger charge is -2.03. The summed E-state index contributed by atoms with van der Waals surface area (Å²) < 4.78 is 0. The van der Waals surface area contributed by atoms with E-state index in [4.69, 9.17) is 5.73 Å². The molecule has 1 aromatic rings. The molecule has 0 fully saturated rings. The Morgan fingerprint density at radius 2 is 2.06 bits per heavy atom. The van der Waals surface area contributed by atoms with Gasteiger partial charge in [-0.05, 0) is 49.5 Å². The highest BCUT2D eigenvalue weighted by Gasteiger charge is 2.16. The molecule has 1 amide bonds. The van der Waals surface area contributed by atoms with Gasteiger partial charge in [-0.3, -0.25) is 15.6 Å². The van der Waals surface area contributed by atoms with E-state index in [-0.39, 0.29) is 11.0 Å². The number of hydrogen-bond acceptors (Lipinski definition) is 3. The third kappa shape index (κ3) is 3.17. The van der Waals surface area contributed by atoms with Crippen molar-refractivity contribution in [2.24, 2.45) is 5.73 Å². The van der Waals surface area contributed by atoms with Crippen LogP contribution in [0.15, 0.2) is 6.07 Å². The zero-order valence-electron chi connectivity index (χ0n) is 9.41. The minimum absolute atomic E-state index is 0.0662. The normalized spacial score (nSPS) is 14.6. The molecule has 4 nitrogen and oxygen atoms in total. The van der Waals surface area contributed by atoms with Gasteiger partial charge in [0.25, 0.3) is 5.91 Å². The van der Waals surface area contributed by atoms with Gasteiger partial charge in [-0.2, -0.15) is 0 Å². The summed E-state index contributed by atoms with van der Waals surface area (Å²) in [6.07, 6.45) is 5.90. The average Bonchev–Trinajstić information content (AvgIpc) is 2.58. The second-order valence-corrected chi connectivity index (χ2v) is 5.64. The van der Waals surface area contributed by atoms with Gasteiger partial charge in [0.2, 0.25) is 0 Å². The third-order valence-electron chi connectivity index (χ3n) is 2.77. The van der Waals surface area contributed by atoms with Crippen molar-refractivity contribution in [1.29, 1.82) is 0 Å².